The van der Waals surface area contributed by atoms with Crippen LogP contribution in [0.25, 0.3) is 0 Å². The van der Waals surface area contributed by atoms with Gasteiger partial charge < -0.3 is 21.3 Å². The Morgan fingerprint density at radius 1 is 1.09 bits per heavy atom. The summed E-state index contributed by atoms with van der Waals surface area (Å²) in [7, 11) is 0. The van der Waals surface area contributed by atoms with Gasteiger partial charge in [-0.15, -0.1) is 0 Å². The van der Waals surface area contributed by atoms with E-state index < -0.39 is 0 Å². The number of aromatic nitrogens is 3. The number of nitriles is 1. The van der Waals surface area contributed by atoms with E-state index in [1.165, 1.54) is 42.9 Å². The van der Waals surface area contributed by atoms with Gasteiger partial charge in [0, 0.05) is 24.5 Å². The summed E-state index contributed by atoms with van der Waals surface area (Å²) in [5.74, 6) is 0.662. The summed E-state index contributed by atoms with van der Waals surface area (Å²) in [6.45, 7) is 2.67. The van der Waals surface area contributed by atoms with Crippen LogP contribution in [-0.2, 0) is 0 Å². The fourth-order valence-corrected chi connectivity index (χ4v) is 3.50. The fourth-order valence-electron chi connectivity index (χ4n) is 3.50. The van der Waals surface area contributed by atoms with Crippen molar-refractivity contribution in [3.8, 4) is 6.07 Å². The molecule has 0 unspecified atom stereocenters. The van der Waals surface area contributed by atoms with Gasteiger partial charge in [0.15, 0.2) is 5.69 Å². The van der Waals surface area contributed by atoms with Crippen molar-refractivity contribution in [3.05, 3.63) is 66.0 Å². The third-order valence-corrected chi connectivity index (χ3v) is 5.31. The van der Waals surface area contributed by atoms with Gasteiger partial charge in [-0.25, -0.2) is 19.3 Å². The SMILES string of the molecule is N#Cc1cnc(Nc2cc(NCC3CCNCC3)c(C(=O)Nc3ccc(F)cc3)cn2)cn1. The molecule has 0 bridgehead atoms. The second-order valence-electron chi connectivity index (χ2n) is 7.67. The highest BCUT2D eigenvalue weighted by molar-refractivity contribution is 6.08. The minimum absolute atomic E-state index is 0.214. The highest BCUT2D eigenvalue weighted by atomic mass is 19.1. The number of rotatable bonds is 7. The zero-order valence-corrected chi connectivity index (χ0v) is 17.8. The molecule has 3 aromatic rings. The molecule has 0 saturated carbocycles. The lowest BCUT2D eigenvalue weighted by atomic mass is 9.98. The lowest BCUT2D eigenvalue weighted by Crippen LogP contribution is -2.31. The van der Waals surface area contributed by atoms with E-state index in [-0.39, 0.29) is 17.4 Å². The number of amides is 1. The van der Waals surface area contributed by atoms with Gasteiger partial charge in [-0.2, -0.15) is 5.26 Å². The standard InChI is InChI=1S/C23H23FN8O/c24-16-1-3-17(4-2-16)31-23(33)19-13-30-21(32-22-14-27-18(10-25)12-29-22)9-20(19)28-11-15-5-7-26-8-6-15/h1-4,9,12-15,26H,5-8,11H2,(H,31,33)(H2,28,29,30,32). The first kappa shape index (κ1) is 22.1. The van der Waals surface area contributed by atoms with Crippen LogP contribution in [0, 0.1) is 23.1 Å². The van der Waals surface area contributed by atoms with Crippen molar-refractivity contribution in [2.24, 2.45) is 5.92 Å². The Hall–Kier alpha value is -4.10. The van der Waals surface area contributed by atoms with Crippen LogP contribution in [0.3, 0.4) is 0 Å². The molecule has 1 saturated heterocycles. The van der Waals surface area contributed by atoms with Gasteiger partial charge in [0.2, 0.25) is 0 Å². The number of carbonyl (C=O) groups excluding carboxylic acids is 1. The quantitative estimate of drug-likeness (QED) is 0.435. The van der Waals surface area contributed by atoms with Crippen LogP contribution in [0.4, 0.5) is 27.4 Å². The Kier molecular flexibility index (Phi) is 7.02. The Morgan fingerprint density at radius 2 is 1.85 bits per heavy atom. The van der Waals surface area contributed by atoms with Gasteiger partial charge >= 0.3 is 0 Å². The molecule has 3 heterocycles. The molecule has 1 fully saturated rings. The lowest BCUT2D eigenvalue weighted by molar-refractivity contribution is 0.102. The van der Waals surface area contributed by atoms with E-state index in [1.807, 2.05) is 6.07 Å². The highest BCUT2D eigenvalue weighted by Crippen LogP contribution is 2.23. The van der Waals surface area contributed by atoms with Crippen LogP contribution in [0.1, 0.15) is 28.9 Å². The molecular weight excluding hydrogens is 423 g/mol. The molecule has 10 heteroatoms. The Labute approximate surface area is 190 Å². The van der Waals surface area contributed by atoms with Crippen molar-refractivity contribution in [2.45, 2.75) is 12.8 Å². The molecule has 33 heavy (non-hydrogen) atoms. The summed E-state index contributed by atoms with van der Waals surface area (Å²) in [4.78, 5) is 25.4. The maximum atomic E-state index is 13.2. The van der Waals surface area contributed by atoms with Gasteiger partial charge in [0.05, 0.1) is 23.6 Å². The number of halogens is 1. The van der Waals surface area contributed by atoms with Crippen molar-refractivity contribution in [3.63, 3.8) is 0 Å². The molecule has 168 valence electrons. The molecule has 4 rings (SSSR count). The van der Waals surface area contributed by atoms with E-state index in [4.69, 9.17) is 5.26 Å². The summed E-state index contributed by atoms with van der Waals surface area (Å²) < 4.78 is 13.2. The Bertz CT molecular complexity index is 1140. The van der Waals surface area contributed by atoms with Crippen molar-refractivity contribution in [1.82, 2.24) is 20.3 Å². The second-order valence-corrected chi connectivity index (χ2v) is 7.67. The number of piperidine rings is 1. The van der Waals surface area contributed by atoms with Gasteiger partial charge in [0.25, 0.3) is 5.91 Å². The molecular formula is C23H23FN8O. The third-order valence-electron chi connectivity index (χ3n) is 5.31. The predicted molar refractivity (Wildman–Crippen MR) is 123 cm³/mol. The molecule has 1 aliphatic rings. The fraction of sp³-hybridized carbons (Fsp3) is 0.261. The molecule has 1 aromatic carbocycles. The van der Waals surface area contributed by atoms with Gasteiger partial charge in [-0.1, -0.05) is 0 Å². The van der Waals surface area contributed by atoms with E-state index in [0.29, 0.717) is 34.5 Å². The monoisotopic (exact) mass is 446 g/mol. The number of anilines is 4. The predicted octanol–water partition coefficient (Wildman–Crippen LogP) is 3.29. The van der Waals surface area contributed by atoms with Crippen LogP contribution >= 0.6 is 0 Å². The number of nitrogens with one attached hydrogen (secondary N) is 4. The van der Waals surface area contributed by atoms with E-state index >= 15 is 0 Å². The lowest BCUT2D eigenvalue weighted by Gasteiger charge is -2.24. The molecule has 1 aliphatic heterocycles. The summed E-state index contributed by atoms with van der Waals surface area (Å²) in [6, 6.07) is 9.24. The summed E-state index contributed by atoms with van der Waals surface area (Å²) in [5.41, 5.74) is 1.68. The van der Waals surface area contributed by atoms with E-state index in [1.54, 1.807) is 6.07 Å². The van der Waals surface area contributed by atoms with Crippen LogP contribution < -0.4 is 21.3 Å². The summed E-state index contributed by atoms with van der Waals surface area (Å²) in [6.07, 6.45) is 6.39. The Morgan fingerprint density at radius 3 is 2.55 bits per heavy atom. The second kappa shape index (κ2) is 10.5. The molecule has 1 amide bonds. The average molecular weight is 446 g/mol. The largest absolute Gasteiger partial charge is 0.384 e. The van der Waals surface area contributed by atoms with Gasteiger partial charge in [-0.05, 0) is 56.1 Å². The summed E-state index contributed by atoms with van der Waals surface area (Å²) in [5, 5.41) is 21.4. The molecule has 4 N–H and O–H groups in total. The van der Waals surface area contributed by atoms with Crippen LogP contribution in [-0.4, -0.2) is 40.5 Å². The smallest absolute Gasteiger partial charge is 0.259 e. The number of nitrogens with zero attached hydrogens (tertiary/aromatic N) is 4. The third kappa shape index (κ3) is 5.99. The number of carbonyl (C=O) groups is 1. The topological polar surface area (TPSA) is 128 Å². The van der Waals surface area contributed by atoms with Gasteiger partial charge in [0.1, 0.15) is 23.5 Å². The number of pyridine rings is 1. The highest BCUT2D eigenvalue weighted by Gasteiger charge is 2.17. The minimum Gasteiger partial charge on any atom is -0.384 e. The Balaban J connectivity index is 1.54. The number of hydrogen-bond acceptors (Lipinski definition) is 8. The van der Waals surface area contributed by atoms with Crippen molar-refractivity contribution >= 4 is 28.9 Å². The average Bonchev–Trinajstić information content (AvgIpc) is 2.85. The maximum absolute atomic E-state index is 13.2. The van der Waals surface area contributed by atoms with Gasteiger partial charge in [-0.3, -0.25) is 4.79 Å². The molecule has 0 radical (unpaired) electrons. The van der Waals surface area contributed by atoms with E-state index in [2.05, 4.69) is 36.2 Å². The van der Waals surface area contributed by atoms with Crippen LogP contribution in [0.15, 0.2) is 48.9 Å². The van der Waals surface area contributed by atoms with E-state index in [0.717, 1.165) is 32.5 Å². The first-order valence-electron chi connectivity index (χ1n) is 10.6. The van der Waals surface area contributed by atoms with Crippen LogP contribution in [0.2, 0.25) is 0 Å². The molecule has 0 spiro atoms. The summed E-state index contributed by atoms with van der Waals surface area (Å²) >= 11 is 0. The number of hydrogen-bond donors (Lipinski definition) is 4. The van der Waals surface area contributed by atoms with Crippen molar-refractivity contribution in [2.75, 3.05) is 35.6 Å². The van der Waals surface area contributed by atoms with Crippen molar-refractivity contribution in [1.29, 1.82) is 5.26 Å². The first-order valence-corrected chi connectivity index (χ1v) is 10.6. The molecule has 9 nitrogen and oxygen atoms in total. The zero-order chi connectivity index (χ0) is 23.0. The van der Waals surface area contributed by atoms with Crippen molar-refractivity contribution < 1.29 is 9.18 Å². The number of benzene rings is 1. The zero-order valence-electron chi connectivity index (χ0n) is 17.8. The van der Waals surface area contributed by atoms with E-state index in [9.17, 15) is 9.18 Å². The minimum atomic E-state index is -0.375. The molecule has 0 aliphatic carbocycles. The van der Waals surface area contributed by atoms with Crippen LogP contribution in [0.5, 0.6) is 0 Å². The first-order chi connectivity index (χ1) is 16.1. The molecule has 0 atom stereocenters. The molecule has 2 aromatic heterocycles. The normalized spacial score (nSPS) is 13.7. The maximum Gasteiger partial charge on any atom is 0.259 e.